The zero-order chi connectivity index (χ0) is 17.4. The molecule has 1 aromatic carbocycles. The van der Waals surface area contributed by atoms with Crippen LogP contribution in [0.1, 0.15) is 10.4 Å². The minimum atomic E-state index is -0.0663. The second-order valence-electron chi connectivity index (χ2n) is 5.72. The van der Waals surface area contributed by atoms with Crippen molar-refractivity contribution < 1.29 is 9.32 Å². The molecule has 4 rings (SSSR count). The van der Waals surface area contributed by atoms with Crippen molar-refractivity contribution in [3.8, 4) is 22.0 Å². The van der Waals surface area contributed by atoms with Crippen LogP contribution in [0.15, 0.2) is 52.6 Å². The predicted molar refractivity (Wildman–Crippen MR) is 96.4 cm³/mol. The Kier molecular flexibility index (Phi) is 3.77. The summed E-state index contributed by atoms with van der Waals surface area (Å²) in [4.78, 5) is 22.5. The van der Waals surface area contributed by atoms with Crippen molar-refractivity contribution in [3.63, 3.8) is 0 Å². The molecular formula is C18H14N4O2S. The highest BCUT2D eigenvalue weighted by Crippen LogP contribution is 2.32. The molecule has 3 aromatic heterocycles. The number of rotatable bonds is 3. The summed E-state index contributed by atoms with van der Waals surface area (Å²) in [6.07, 6.45) is 3.50. The minimum Gasteiger partial charge on any atom is -0.356 e. The summed E-state index contributed by atoms with van der Waals surface area (Å²) in [7, 11) is 3.45. The zero-order valence-electron chi connectivity index (χ0n) is 13.6. The van der Waals surface area contributed by atoms with Crippen LogP contribution in [0.5, 0.6) is 0 Å². The van der Waals surface area contributed by atoms with Crippen LogP contribution in [0, 0.1) is 0 Å². The first kappa shape index (κ1) is 15.5. The number of nitrogens with zero attached hydrogens (tertiary/aromatic N) is 4. The van der Waals surface area contributed by atoms with Gasteiger partial charge in [-0.2, -0.15) is 0 Å². The van der Waals surface area contributed by atoms with Crippen LogP contribution in [-0.4, -0.2) is 40.0 Å². The summed E-state index contributed by atoms with van der Waals surface area (Å²) in [5.41, 5.74) is 3.52. The fraction of sp³-hybridized carbons (Fsp3) is 0.111. The maximum Gasteiger partial charge on any atom is 0.253 e. The number of carbonyl (C=O) groups excluding carboxylic acids is 1. The Labute approximate surface area is 147 Å². The number of amides is 1. The van der Waals surface area contributed by atoms with Crippen molar-refractivity contribution in [1.82, 2.24) is 20.0 Å². The SMILES string of the molecule is CN(C)C(=O)c1ccc2onc(-c3csc(-c4cccnc4)n3)c2c1. The van der Waals surface area contributed by atoms with E-state index in [1.165, 1.54) is 16.2 Å². The number of fused-ring (bicyclic) bond motifs is 1. The molecule has 6 nitrogen and oxygen atoms in total. The molecule has 0 N–H and O–H groups in total. The maximum absolute atomic E-state index is 12.2. The first-order valence-corrected chi connectivity index (χ1v) is 8.49. The molecule has 0 aliphatic heterocycles. The number of thiazole rings is 1. The Hall–Kier alpha value is -3.06. The van der Waals surface area contributed by atoms with E-state index in [4.69, 9.17) is 4.52 Å². The highest BCUT2D eigenvalue weighted by atomic mass is 32.1. The van der Waals surface area contributed by atoms with Crippen molar-refractivity contribution in [2.75, 3.05) is 14.1 Å². The van der Waals surface area contributed by atoms with E-state index in [0.29, 0.717) is 16.8 Å². The normalized spacial score (nSPS) is 11.0. The molecule has 0 fully saturated rings. The first-order chi connectivity index (χ1) is 12.1. The highest BCUT2D eigenvalue weighted by molar-refractivity contribution is 7.13. The Morgan fingerprint density at radius 1 is 1.24 bits per heavy atom. The van der Waals surface area contributed by atoms with E-state index in [0.717, 1.165) is 21.7 Å². The fourth-order valence-corrected chi connectivity index (χ4v) is 3.31. The van der Waals surface area contributed by atoms with Gasteiger partial charge < -0.3 is 9.42 Å². The smallest absolute Gasteiger partial charge is 0.253 e. The van der Waals surface area contributed by atoms with Crippen LogP contribution >= 0.6 is 11.3 Å². The fourth-order valence-electron chi connectivity index (χ4n) is 2.52. The molecule has 0 saturated heterocycles. The topological polar surface area (TPSA) is 72.1 Å². The molecule has 7 heteroatoms. The summed E-state index contributed by atoms with van der Waals surface area (Å²) in [6, 6.07) is 9.14. The van der Waals surface area contributed by atoms with Gasteiger partial charge in [-0.05, 0) is 30.3 Å². The molecule has 124 valence electrons. The predicted octanol–water partition coefficient (Wildman–Crippen LogP) is 3.72. The van der Waals surface area contributed by atoms with E-state index in [2.05, 4.69) is 15.1 Å². The van der Waals surface area contributed by atoms with Gasteiger partial charge in [0, 0.05) is 43.0 Å². The molecule has 25 heavy (non-hydrogen) atoms. The Bertz CT molecular complexity index is 1050. The Morgan fingerprint density at radius 3 is 2.88 bits per heavy atom. The van der Waals surface area contributed by atoms with Crippen LogP contribution in [0.25, 0.3) is 32.9 Å². The molecule has 3 heterocycles. The van der Waals surface area contributed by atoms with Gasteiger partial charge in [0.2, 0.25) is 0 Å². The average Bonchev–Trinajstić information content (AvgIpc) is 3.28. The van der Waals surface area contributed by atoms with Crippen molar-refractivity contribution in [2.24, 2.45) is 0 Å². The summed E-state index contributed by atoms with van der Waals surface area (Å²) < 4.78 is 5.39. The lowest BCUT2D eigenvalue weighted by Gasteiger charge is -2.09. The Balaban J connectivity index is 1.78. The number of hydrogen-bond donors (Lipinski definition) is 0. The second kappa shape index (κ2) is 6.10. The summed E-state index contributed by atoms with van der Waals surface area (Å²) in [6.45, 7) is 0. The van der Waals surface area contributed by atoms with Gasteiger partial charge in [0.15, 0.2) is 5.58 Å². The number of benzene rings is 1. The van der Waals surface area contributed by atoms with Gasteiger partial charge in [0.25, 0.3) is 5.91 Å². The molecule has 0 aliphatic rings. The highest BCUT2D eigenvalue weighted by Gasteiger charge is 2.17. The molecule has 0 saturated carbocycles. The van der Waals surface area contributed by atoms with Crippen LogP contribution in [0.4, 0.5) is 0 Å². The van der Waals surface area contributed by atoms with Gasteiger partial charge in [-0.3, -0.25) is 9.78 Å². The lowest BCUT2D eigenvalue weighted by molar-refractivity contribution is 0.0828. The number of aromatic nitrogens is 3. The van der Waals surface area contributed by atoms with Crippen molar-refractivity contribution in [3.05, 3.63) is 53.7 Å². The summed E-state index contributed by atoms with van der Waals surface area (Å²) >= 11 is 1.52. The van der Waals surface area contributed by atoms with Gasteiger partial charge in [0.1, 0.15) is 16.4 Å². The van der Waals surface area contributed by atoms with E-state index in [1.807, 2.05) is 17.5 Å². The third kappa shape index (κ3) is 2.78. The van der Waals surface area contributed by atoms with Gasteiger partial charge in [-0.15, -0.1) is 11.3 Å². The molecular weight excluding hydrogens is 336 g/mol. The monoisotopic (exact) mass is 350 g/mol. The number of carbonyl (C=O) groups is 1. The van der Waals surface area contributed by atoms with Gasteiger partial charge >= 0.3 is 0 Å². The van der Waals surface area contributed by atoms with Crippen LogP contribution in [-0.2, 0) is 0 Å². The molecule has 0 radical (unpaired) electrons. The van der Waals surface area contributed by atoms with Crippen molar-refractivity contribution in [1.29, 1.82) is 0 Å². The lowest BCUT2D eigenvalue weighted by atomic mass is 10.1. The van der Waals surface area contributed by atoms with Crippen LogP contribution < -0.4 is 0 Å². The number of hydrogen-bond acceptors (Lipinski definition) is 6. The minimum absolute atomic E-state index is 0.0663. The lowest BCUT2D eigenvalue weighted by Crippen LogP contribution is -2.21. The third-order valence-electron chi connectivity index (χ3n) is 3.78. The number of pyridine rings is 1. The van der Waals surface area contributed by atoms with Gasteiger partial charge in [-0.25, -0.2) is 4.98 Å². The van der Waals surface area contributed by atoms with E-state index < -0.39 is 0 Å². The molecule has 0 bridgehead atoms. The molecule has 0 atom stereocenters. The zero-order valence-corrected chi connectivity index (χ0v) is 14.4. The van der Waals surface area contributed by atoms with E-state index in [1.54, 1.807) is 44.7 Å². The Morgan fingerprint density at radius 2 is 2.12 bits per heavy atom. The average molecular weight is 350 g/mol. The van der Waals surface area contributed by atoms with Crippen LogP contribution in [0.2, 0.25) is 0 Å². The van der Waals surface area contributed by atoms with E-state index in [-0.39, 0.29) is 5.91 Å². The second-order valence-corrected chi connectivity index (χ2v) is 6.58. The quantitative estimate of drug-likeness (QED) is 0.563. The summed E-state index contributed by atoms with van der Waals surface area (Å²) in [5, 5.41) is 7.71. The molecule has 0 spiro atoms. The standard InChI is InChI=1S/C18H14N4O2S/c1-22(2)18(23)11-5-6-15-13(8-11)16(21-24-15)14-10-25-17(20-14)12-4-3-7-19-9-12/h3-10H,1-2H3. The molecule has 4 aromatic rings. The van der Waals surface area contributed by atoms with Crippen molar-refractivity contribution in [2.45, 2.75) is 0 Å². The summed E-state index contributed by atoms with van der Waals surface area (Å²) in [5.74, 6) is -0.0663. The molecule has 0 aliphatic carbocycles. The maximum atomic E-state index is 12.2. The molecule has 1 amide bonds. The largest absolute Gasteiger partial charge is 0.356 e. The van der Waals surface area contributed by atoms with E-state index in [9.17, 15) is 4.79 Å². The first-order valence-electron chi connectivity index (χ1n) is 7.61. The molecule has 0 unspecified atom stereocenters. The third-order valence-corrected chi connectivity index (χ3v) is 4.67. The van der Waals surface area contributed by atoms with Gasteiger partial charge in [-0.1, -0.05) is 5.16 Å². The van der Waals surface area contributed by atoms with Gasteiger partial charge in [0.05, 0.1) is 5.39 Å². The van der Waals surface area contributed by atoms with Crippen molar-refractivity contribution >= 4 is 28.2 Å². The van der Waals surface area contributed by atoms with E-state index >= 15 is 0 Å². The van der Waals surface area contributed by atoms with Crippen LogP contribution in [0.3, 0.4) is 0 Å².